The van der Waals surface area contributed by atoms with Crippen LogP contribution in [0.1, 0.15) is 85.8 Å². The molecule has 7 rings (SSSR count). The SMILES string of the molecule is Cc1cc(CNC(=O)[C@H](Cc2c[nH]c3ccccc23)NC(=O)[C@H](CC(C)C)NC(=O)[C@@H]2CCCN2C(=O)C2CC=CCOC(=O)C[C@@H](NC(=O)[C@@H](N)Cc3ccc(O)cc3)C(=O)NCC(=O)C[C@@H](Cc3ccccc3)C(=O)N2)cc(C(F)(F)F)c1. The summed E-state index contributed by atoms with van der Waals surface area (Å²) in [7, 11) is 0. The Hall–Kier alpha value is -8.86. The smallest absolute Gasteiger partial charge is 0.416 e. The third kappa shape index (κ3) is 18.6. The summed E-state index contributed by atoms with van der Waals surface area (Å²) >= 11 is 0. The first-order valence-electron chi connectivity index (χ1n) is 28.2. The number of nitrogens with one attached hydrogen (secondary N) is 7. The predicted octanol–water partition coefficient (Wildman–Crippen LogP) is 4.43. The predicted molar refractivity (Wildman–Crippen MR) is 307 cm³/mol. The summed E-state index contributed by atoms with van der Waals surface area (Å²) in [4.78, 5) is 131. The highest BCUT2D eigenvalue weighted by Crippen LogP contribution is 2.31. The summed E-state index contributed by atoms with van der Waals surface area (Å²) in [5, 5.41) is 26.5. The van der Waals surface area contributed by atoms with Crippen LogP contribution in [0, 0.1) is 18.8 Å². The van der Waals surface area contributed by atoms with Crippen molar-refractivity contribution >= 4 is 64.0 Å². The zero-order chi connectivity index (χ0) is 61.4. The number of nitrogens with two attached hydrogens (primary N) is 1. The van der Waals surface area contributed by atoms with Crippen molar-refractivity contribution < 1.29 is 66.2 Å². The zero-order valence-corrected chi connectivity index (χ0v) is 47.5. The second kappa shape index (κ2) is 29.6. The molecule has 1 aromatic heterocycles. The topological polar surface area (TPSA) is 300 Å². The Morgan fingerprint density at radius 2 is 1.54 bits per heavy atom. The second-order valence-corrected chi connectivity index (χ2v) is 22.0. The van der Waals surface area contributed by atoms with Crippen molar-refractivity contribution in [2.75, 3.05) is 19.7 Å². The Morgan fingerprint density at radius 1 is 0.812 bits per heavy atom. The highest BCUT2D eigenvalue weighted by atomic mass is 19.4. The number of ether oxygens (including phenoxy) is 1. The lowest BCUT2D eigenvalue weighted by Crippen LogP contribution is -2.58. The van der Waals surface area contributed by atoms with Gasteiger partial charge in [-0.3, -0.25) is 43.2 Å². The molecule has 1 unspecified atom stereocenters. The van der Waals surface area contributed by atoms with Crippen LogP contribution in [0.5, 0.6) is 5.75 Å². The first kappa shape index (κ1) is 63.7. The highest BCUT2D eigenvalue weighted by molar-refractivity contribution is 5.98. The van der Waals surface area contributed by atoms with Gasteiger partial charge in [0.25, 0.3) is 0 Å². The molecule has 2 aliphatic rings. The van der Waals surface area contributed by atoms with E-state index in [1.165, 1.54) is 42.2 Å². The molecule has 7 amide bonds. The molecule has 0 saturated carbocycles. The molecule has 3 heterocycles. The zero-order valence-electron chi connectivity index (χ0n) is 47.5. The van der Waals surface area contributed by atoms with Gasteiger partial charge in [-0.2, -0.15) is 13.2 Å². The second-order valence-electron chi connectivity index (χ2n) is 22.0. The summed E-state index contributed by atoms with van der Waals surface area (Å²) in [5.41, 5.74) is 8.51. The summed E-state index contributed by atoms with van der Waals surface area (Å²) < 4.78 is 46.6. The number of H-pyrrole nitrogens is 1. The van der Waals surface area contributed by atoms with Crippen molar-refractivity contribution in [3.05, 3.63) is 149 Å². The van der Waals surface area contributed by atoms with Gasteiger partial charge in [0, 0.05) is 48.9 Å². The van der Waals surface area contributed by atoms with E-state index in [-0.39, 0.29) is 75.5 Å². The van der Waals surface area contributed by atoms with Gasteiger partial charge >= 0.3 is 12.1 Å². The molecule has 0 radical (unpaired) electrons. The Balaban J connectivity index is 1.08. The fourth-order valence-electron chi connectivity index (χ4n) is 10.4. The average molecular weight is 1180 g/mol. The fourth-order valence-corrected chi connectivity index (χ4v) is 10.4. The number of carbonyl (C=O) groups excluding carboxylic acids is 9. The monoisotopic (exact) mass is 1180 g/mol. The molecule has 452 valence electrons. The molecule has 85 heavy (non-hydrogen) atoms. The molecule has 20 nitrogen and oxygen atoms in total. The number of alkyl halides is 3. The van der Waals surface area contributed by atoms with Crippen molar-refractivity contribution in [3.63, 3.8) is 0 Å². The number of benzene rings is 4. The number of aryl methyl sites for hydroxylation is 1. The number of para-hydroxylation sites is 1. The minimum Gasteiger partial charge on any atom is -0.508 e. The Bertz CT molecular complexity index is 3240. The highest BCUT2D eigenvalue weighted by Gasteiger charge is 2.40. The summed E-state index contributed by atoms with van der Waals surface area (Å²) in [6.45, 7) is 3.98. The van der Waals surface area contributed by atoms with Gasteiger partial charge < -0.3 is 57.4 Å². The number of ketones is 1. The van der Waals surface area contributed by atoms with Crippen LogP contribution in [-0.4, -0.2) is 124 Å². The third-order valence-electron chi connectivity index (χ3n) is 14.7. The Labute approximate surface area is 489 Å². The molecule has 10 N–H and O–H groups in total. The quantitative estimate of drug-likeness (QED) is 0.0435. The molecule has 5 aromatic rings. The molecular formula is C62H72F3N9O11. The third-order valence-corrected chi connectivity index (χ3v) is 14.7. The number of nitrogens with zero attached hydrogens (tertiary/aromatic N) is 1. The number of phenolic OH excluding ortho intramolecular Hbond substituents is 1. The van der Waals surface area contributed by atoms with Gasteiger partial charge in [0.2, 0.25) is 41.4 Å². The first-order chi connectivity index (χ1) is 40.5. The van der Waals surface area contributed by atoms with E-state index < -0.39 is 126 Å². The molecule has 4 aromatic carbocycles. The Morgan fingerprint density at radius 3 is 2.27 bits per heavy atom. The number of aromatic amines is 1. The van der Waals surface area contributed by atoms with Crippen LogP contribution in [0.25, 0.3) is 10.9 Å². The first-order valence-corrected chi connectivity index (χ1v) is 28.2. The molecule has 2 aliphatic heterocycles. The molecule has 1 fully saturated rings. The van der Waals surface area contributed by atoms with Gasteiger partial charge in [-0.15, -0.1) is 0 Å². The van der Waals surface area contributed by atoms with Gasteiger partial charge in [-0.05, 0) is 104 Å². The maximum absolute atomic E-state index is 14.8. The van der Waals surface area contributed by atoms with Gasteiger partial charge in [0.1, 0.15) is 42.6 Å². The lowest BCUT2D eigenvalue weighted by atomic mass is 9.92. The largest absolute Gasteiger partial charge is 0.508 e. The van der Waals surface area contributed by atoms with Crippen molar-refractivity contribution in [1.29, 1.82) is 0 Å². The normalized spacial score (nSPS) is 19.4. The number of rotatable bonds is 18. The number of cyclic esters (lactones) is 1. The number of likely N-dealkylation sites (tertiary alicyclic amines) is 1. The van der Waals surface area contributed by atoms with Crippen molar-refractivity contribution in [1.82, 2.24) is 41.8 Å². The number of Topliss-reactive ketones (excluding diaryl/α,β-unsaturated/α-hetero) is 1. The molecule has 1 saturated heterocycles. The van der Waals surface area contributed by atoms with Crippen LogP contribution in [0.4, 0.5) is 13.2 Å². The number of hydrogen-bond donors (Lipinski definition) is 9. The average Bonchev–Trinajstić information content (AvgIpc) is 3.50. The minimum absolute atomic E-state index is 0.00721. The van der Waals surface area contributed by atoms with E-state index in [4.69, 9.17) is 10.5 Å². The van der Waals surface area contributed by atoms with Gasteiger partial charge in [0.15, 0.2) is 5.78 Å². The number of hydrogen-bond acceptors (Lipinski definition) is 12. The van der Waals surface area contributed by atoms with Crippen LogP contribution in [0.2, 0.25) is 0 Å². The molecular weight excluding hydrogens is 1100 g/mol. The number of phenols is 1. The van der Waals surface area contributed by atoms with E-state index in [1.54, 1.807) is 54.7 Å². The van der Waals surface area contributed by atoms with Gasteiger partial charge in [-0.25, -0.2) is 0 Å². The van der Waals surface area contributed by atoms with Crippen molar-refractivity contribution in [2.45, 2.75) is 128 Å². The number of amides is 7. The van der Waals surface area contributed by atoms with Crippen molar-refractivity contribution in [3.8, 4) is 5.75 Å². The lowest BCUT2D eigenvalue weighted by molar-refractivity contribution is -0.145. The molecule has 0 spiro atoms. The maximum Gasteiger partial charge on any atom is 0.416 e. The maximum atomic E-state index is 14.8. The molecule has 7 atom stereocenters. The van der Waals surface area contributed by atoms with Gasteiger partial charge in [0.05, 0.1) is 24.6 Å². The van der Waals surface area contributed by atoms with E-state index in [0.29, 0.717) is 28.7 Å². The van der Waals surface area contributed by atoms with Crippen molar-refractivity contribution in [2.24, 2.45) is 17.6 Å². The van der Waals surface area contributed by atoms with E-state index in [0.717, 1.165) is 23.0 Å². The lowest BCUT2D eigenvalue weighted by Gasteiger charge is -2.31. The number of carbonyl (C=O) groups is 9. The summed E-state index contributed by atoms with van der Waals surface area (Å²) in [6.07, 6.45) is -0.655. The van der Waals surface area contributed by atoms with E-state index >= 15 is 0 Å². The van der Waals surface area contributed by atoms with E-state index in [1.807, 2.05) is 32.0 Å². The van der Waals surface area contributed by atoms with Crippen LogP contribution in [0.3, 0.4) is 0 Å². The van der Waals surface area contributed by atoms with Crippen LogP contribution in [-0.2, 0) is 79.9 Å². The number of aromatic hydroxyl groups is 1. The Kier molecular flexibility index (Phi) is 22.2. The minimum atomic E-state index is -4.63. The number of halogens is 3. The fraction of sp³-hybridized carbons (Fsp3) is 0.403. The van der Waals surface area contributed by atoms with Crippen LogP contribution < -0.4 is 37.6 Å². The van der Waals surface area contributed by atoms with Crippen LogP contribution in [0.15, 0.2) is 115 Å². The summed E-state index contributed by atoms with van der Waals surface area (Å²) in [6, 6.07) is 17.8. The summed E-state index contributed by atoms with van der Waals surface area (Å²) in [5.74, 6) is -7.94. The van der Waals surface area contributed by atoms with Gasteiger partial charge in [-0.1, -0.05) is 98.3 Å². The standard InChI is InChI=1S/C62H72F3N9O11/c1-36(2)24-50(59(82)72-51(31-42-34-67-48-15-8-7-14-46(42)48)57(80)68-33-40-25-37(3)26-43(28-40)62(63,64)65)73-60(83)53-17-11-22-74(53)61(84)49-16-9-10-23-85-54(77)32-52(71-56(79)47(66)29-39-18-20-44(75)21-19-39)58(81)69-35-45(76)30-41(55(78)70-49)27-38-12-5-4-6-13-38/h4-10,12-15,18-21,25-26,28,34,36,41,47,49-53,67,75H,11,16-17,22-24,27,29-33,35,66H2,1-3H3,(H,68,80)(H,69,81)(H,70,78)(H,71,79)(H,72,82)(H,73,83)/t41-,47+,49?,50+,51+,52-,53+/m1/s1. The van der Waals surface area contributed by atoms with E-state index in [2.05, 4.69) is 36.9 Å². The molecule has 0 aliphatic carbocycles. The number of aromatic nitrogens is 1. The number of fused-ring (bicyclic) bond motifs is 1. The number of esters is 1. The molecule has 0 bridgehead atoms. The molecule has 23 heteroatoms. The van der Waals surface area contributed by atoms with Crippen LogP contribution >= 0.6 is 0 Å². The van der Waals surface area contributed by atoms with E-state index in [9.17, 15) is 61.4 Å².